The number of hydrogen-bond donors (Lipinski definition) is 0. The van der Waals surface area contributed by atoms with Crippen LogP contribution < -0.4 is 0 Å². The summed E-state index contributed by atoms with van der Waals surface area (Å²) in [6.45, 7) is 8.80. The number of ether oxygens (including phenoxy) is 1. The van der Waals surface area contributed by atoms with Crippen LogP contribution in [0, 0.1) is 6.61 Å². The van der Waals surface area contributed by atoms with Crippen LogP contribution in [0.4, 0.5) is 0 Å². The summed E-state index contributed by atoms with van der Waals surface area (Å²) in [7, 11) is 0. The summed E-state index contributed by atoms with van der Waals surface area (Å²) >= 11 is 0. The number of allylic oxidation sites excluding steroid dienone is 2. The molecule has 0 aromatic carbocycles. The van der Waals surface area contributed by atoms with Crippen molar-refractivity contribution in [2.24, 2.45) is 0 Å². The van der Waals surface area contributed by atoms with Crippen molar-refractivity contribution in [3.63, 3.8) is 0 Å². The largest absolute Gasteiger partial charge is 0.376 e. The lowest BCUT2D eigenvalue weighted by Gasteiger charge is -1.98. The van der Waals surface area contributed by atoms with Crippen molar-refractivity contribution in [3.8, 4) is 0 Å². The molecule has 0 aromatic rings. The Labute approximate surface area is 70.4 Å². The first-order valence-electron chi connectivity index (χ1n) is 4.30. The van der Waals surface area contributed by atoms with Crippen LogP contribution in [-0.2, 0) is 4.74 Å². The van der Waals surface area contributed by atoms with Crippen LogP contribution in [-0.4, -0.2) is 6.61 Å². The molecular weight excluding hydrogens is 136 g/mol. The van der Waals surface area contributed by atoms with Crippen molar-refractivity contribution >= 4 is 0 Å². The average Bonchev–Trinajstić information content (AvgIpc) is 1.96. The molecule has 0 bridgehead atoms. The second-order valence-electron chi connectivity index (χ2n) is 2.88. The van der Waals surface area contributed by atoms with Gasteiger partial charge in [0.15, 0.2) is 0 Å². The molecule has 65 valence electrons. The van der Waals surface area contributed by atoms with Gasteiger partial charge >= 0.3 is 0 Å². The molecule has 0 saturated carbocycles. The Balaban J connectivity index is 2.97. The Bertz CT molecular complexity index is 101. The molecule has 0 amide bonds. The van der Waals surface area contributed by atoms with Crippen molar-refractivity contribution < 1.29 is 4.74 Å². The van der Waals surface area contributed by atoms with Gasteiger partial charge in [-0.3, -0.25) is 0 Å². The van der Waals surface area contributed by atoms with E-state index in [-0.39, 0.29) is 0 Å². The zero-order valence-electron chi connectivity index (χ0n) is 7.89. The lowest BCUT2D eigenvalue weighted by Crippen LogP contribution is -1.88. The molecule has 0 aliphatic heterocycles. The number of hydrogen-bond acceptors (Lipinski definition) is 1. The predicted octanol–water partition coefficient (Wildman–Crippen LogP) is 3.32. The summed E-state index contributed by atoms with van der Waals surface area (Å²) in [5, 5.41) is 0. The van der Waals surface area contributed by atoms with Gasteiger partial charge in [0.25, 0.3) is 0 Å². The van der Waals surface area contributed by atoms with Crippen LogP contribution in [0.1, 0.15) is 40.0 Å². The summed E-state index contributed by atoms with van der Waals surface area (Å²) < 4.78 is 5.09. The average molecular weight is 155 g/mol. The van der Waals surface area contributed by atoms with Crippen molar-refractivity contribution in [2.75, 3.05) is 6.61 Å². The second kappa shape index (κ2) is 7.80. The molecule has 0 saturated heterocycles. The molecule has 1 heteroatoms. The van der Waals surface area contributed by atoms with Gasteiger partial charge in [-0.05, 0) is 40.0 Å². The Morgan fingerprint density at radius 2 is 2.00 bits per heavy atom. The van der Waals surface area contributed by atoms with Crippen LogP contribution in [0.25, 0.3) is 0 Å². The molecular formula is C10H19O. The molecule has 1 nitrogen and oxygen atoms in total. The topological polar surface area (TPSA) is 9.23 Å². The highest BCUT2D eigenvalue weighted by Crippen LogP contribution is 2.00. The molecule has 0 aliphatic rings. The SMILES string of the molecule is C[CH]OCCCCC=C(C)C. The third kappa shape index (κ3) is 9.70. The molecule has 0 unspecified atom stereocenters. The highest BCUT2D eigenvalue weighted by Gasteiger charge is 1.86. The first-order valence-corrected chi connectivity index (χ1v) is 4.30. The molecule has 0 aliphatic carbocycles. The van der Waals surface area contributed by atoms with E-state index in [1.54, 1.807) is 6.61 Å². The Hall–Kier alpha value is -0.300. The van der Waals surface area contributed by atoms with Crippen molar-refractivity contribution in [2.45, 2.75) is 40.0 Å². The smallest absolute Gasteiger partial charge is 0.0805 e. The van der Waals surface area contributed by atoms with Gasteiger partial charge in [-0.1, -0.05) is 11.6 Å². The van der Waals surface area contributed by atoms with Gasteiger partial charge in [-0.15, -0.1) is 0 Å². The van der Waals surface area contributed by atoms with E-state index in [0.717, 1.165) is 13.0 Å². The molecule has 0 aromatic heterocycles. The first-order chi connectivity index (χ1) is 5.27. The highest BCUT2D eigenvalue weighted by molar-refractivity contribution is 4.92. The fourth-order valence-electron chi connectivity index (χ4n) is 0.838. The van der Waals surface area contributed by atoms with E-state index in [9.17, 15) is 0 Å². The monoisotopic (exact) mass is 155 g/mol. The van der Waals surface area contributed by atoms with Crippen LogP contribution in [0.15, 0.2) is 11.6 Å². The van der Waals surface area contributed by atoms with Crippen LogP contribution in [0.3, 0.4) is 0 Å². The molecule has 11 heavy (non-hydrogen) atoms. The summed E-state index contributed by atoms with van der Waals surface area (Å²) in [6.07, 6.45) is 5.86. The Kier molecular flexibility index (Phi) is 7.59. The van der Waals surface area contributed by atoms with Crippen molar-refractivity contribution in [1.29, 1.82) is 0 Å². The van der Waals surface area contributed by atoms with E-state index >= 15 is 0 Å². The van der Waals surface area contributed by atoms with E-state index < -0.39 is 0 Å². The van der Waals surface area contributed by atoms with Crippen LogP contribution >= 0.6 is 0 Å². The number of unbranched alkanes of at least 4 members (excludes halogenated alkanes) is 2. The lowest BCUT2D eigenvalue weighted by atomic mass is 10.2. The molecule has 0 heterocycles. The third-order valence-electron chi connectivity index (χ3n) is 1.44. The Morgan fingerprint density at radius 3 is 2.55 bits per heavy atom. The molecule has 0 fully saturated rings. The molecule has 0 spiro atoms. The quantitative estimate of drug-likeness (QED) is 0.422. The minimum Gasteiger partial charge on any atom is -0.376 e. The summed E-state index contributed by atoms with van der Waals surface area (Å²) in [4.78, 5) is 0. The first kappa shape index (κ1) is 10.7. The fraction of sp³-hybridized carbons (Fsp3) is 0.700. The van der Waals surface area contributed by atoms with Gasteiger partial charge in [0.2, 0.25) is 0 Å². The van der Waals surface area contributed by atoms with Crippen molar-refractivity contribution in [1.82, 2.24) is 0 Å². The highest BCUT2D eigenvalue weighted by atomic mass is 16.5. The normalized spacial score (nSPS) is 9.73. The predicted molar refractivity (Wildman–Crippen MR) is 49.2 cm³/mol. The van der Waals surface area contributed by atoms with E-state index in [4.69, 9.17) is 4.74 Å². The standard InChI is InChI=1S/C10H19O/c1-4-11-9-7-5-6-8-10(2)3/h4,8H,5-7,9H2,1-3H3. The van der Waals surface area contributed by atoms with Gasteiger partial charge in [0, 0.05) is 6.61 Å². The summed E-state index contributed by atoms with van der Waals surface area (Å²) in [5.41, 5.74) is 1.41. The second-order valence-corrected chi connectivity index (χ2v) is 2.88. The molecule has 0 atom stereocenters. The molecule has 0 N–H and O–H groups in total. The van der Waals surface area contributed by atoms with E-state index in [2.05, 4.69) is 19.9 Å². The van der Waals surface area contributed by atoms with Gasteiger partial charge in [0.1, 0.15) is 0 Å². The zero-order valence-corrected chi connectivity index (χ0v) is 7.89. The maximum Gasteiger partial charge on any atom is 0.0805 e. The number of rotatable bonds is 6. The minimum atomic E-state index is 0.868. The van der Waals surface area contributed by atoms with Gasteiger partial charge in [-0.25, -0.2) is 0 Å². The molecule has 1 radical (unpaired) electrons. The fourth-order valence-corrected chi connectivity index (χ4v) is 0.838. The minimum absolute atomic E-state index is 0.868. The summed E-state index contributed by atoms with van der Waals surface area (Å²) in [5.74, 6) is 0. The Morgan fingerprint density at radius 1 is 1.27 bits per heavy atom. The van der Waals surface area contributed by atoms with E-state index in [0.29, 0.717) is 0 Å². The molecule has 0 rings (SSSR count). The van der Waals surface area contributed by atoms with Crippen molar-refractivity contribution in [3.05, 3.63) is 18.3 Å². The van der Waals surface area contributed by atoms with Crippen LogP contribution in [0.2, 0.25) is 0 Å². The third-order valence-corrected chi connectivity index (χ3v) is 1.44. The van der Waals surface area contributed by atoms with Crippen LogP contribution in [0.5, 0.6) is 0 Å². The van der Waals surface area contributed by atoms with Gasteiger partial charge in [0.05, 0.1) is 6.61 Å². The van der Waals surface area contributed by atoms with E-state index in [1.807, 2.05) is 6.92 Å². The van der Waals surface area contributed by atoms with E-state index in [1.165, 1.54) is 18.4 Å². The summed E-state index contributed by atoms with van der Waals surface area (Å²) in [6, 6.07) is 0. The lowest BCUT2D eigenvalue weighted by molar-refractivity contribution is 0.199. The van der Waals surface area contributed by atoms with Gasteiger partial charge in [-0.2, -0.15) is 0 Å². The maximum atomic E-state index is 5.09. The zero-order chi connectivity index (χ0) is 8.53. The maximum absolute atomic E-state index is 5.09. The van der Waals surface area contributed by atoms with Gasteiger partial charge < -0.3 is 4.74 Å².